The normalized spacial score (nSPS) is 11.7. The van der Waals surface area contributed by atoms with Gasteiger partial charge in [-0.1, -0.05) is 19.8 Å². The van der Waals surface area contributed by atoms with Crippen LogP contribution in [-0.2, 0) is 19.1 Å². The Hall–Kier alpha value is -1.59. The molecule has 0 spiro atoms. The minimum atomic E-state index is -1.05. The standard InChI is InChI=1S/C12H21NO5/c1-3-5-6-9(12(16)17)13-10(14)7-8-11(15)18-4-2/h9H,3-8H2,1-2H3,(H,13,14)(H,16,17). The minimum Gasteiger partial charge on any atom is -0.480 e. The van der Waals surface area contributed by atoms with Crippen LogP contribution in [0, 0.1) is 0 Å². The molecule has 104 valence electrons. The Labute approximate surface area is 107 Å². The Morgan fingerprint density at radius 3 is 2.39 bits per heavy atom. The number of esters is 1. The van der Waals surface area contributed by atoms with Crippen molar-refractivity contribution in [3.63, 3.8) is 0 Å². The molecule has 0 aliphatic heterocycles. The Morgan fingerprint density at radius 2 is 1.89 bits per heavy atom. The second-order valence-corrected chi connectivity index (χ2v) is 3.91. The van der Waals surface area contributed by atoms with Gasteiger partial charge >= 0.3 is 11.9 Å². The number of nitrogens with one attached hydrogen (secondary N) is 1. The number of unbranched alkanes of at least 4 members (excludes halogenated alkanes) is 1. The molecule has 6 nitrogen and oxygen atoms in total. The summed E-state index contributed by atoms with van der Waals surface area (Å²) in [5.41, 5.74) is 0. The highest BCUT2D eigenvalue weighted by molar-refractivity contribution is 5.85. The van der Waals surface area contributed by atoms with Gasteiger partial charge in [-0.2, -0.15) is 0 Å². The topological polar surface area (TPSA) is 92.7 Å². The number of amides is 1. The predicted octanol–water partition coefficient (Wildman–Crippen LogP) is 1.09. The molecular weight excluding hydrogens is 238 g/mol. The van der Waals surface area contributed by atoms with Gasteiger partial charge in [0.1, 0.15) is 6.04 Å². The Morgan fingerprint density at radius 1 is 1.22 bits per heavy atom. The van der Waals surface area contributed by atoms with Crippen LogP contribution in [0.15, 0.2) is 0 Å². The van der Waals surface area contributed by atoms with E-state index in [2.05, 4.69) is 10.1 Å². The fraction of sp³-hybridized carbons (Fsp3) is 0.750. The van der Waals surface area contributed by atoms with Crippen molar-refractivity contribution in [2.45, 2.75) is 52.0 Å². The van der Waals surface area contributed by atoms with E-state index in [1.54, 1.807) is 6.92 Å². The highest BCUT2D eigenvalue weighted by atomic mass is 16.5. The molecule has 0 heterocycles. The Bertz CT molecular complexity index is 290. The number of aliphatic carboxylic acids is 1. The van der Waals surface area contributed by atoms with E-state index in [1.165, 1.54) is 0 Å². The molecule has 1 amide bonds. The van der Waals surface area contributed by atoms with Crippen molar-refractivity contribution in [1.29, 1.82) is 0 Å². The number of carbonyl (C=O) groups excluding carboxylic acids is 2. The maximum absolute atomic E-state index is 11.4. The van der Waals surface area contributed by atoms with E-state index in [-0.39, 0.29) is 19.4 Å². The maximum Gasteiger partial charge on any atom is 0.326 e. The smallest absolute Gasteiger partial charge is 0.326 e. The van der Waals surface area contributed by atoms with E-state index in [0.29, 0.717) is 6.42 Å². The van der Waals surface area contributed by atoms with E-state index in [1.807, 2.05) is 6.92 Å². The van der Waals surface area contributed by atoms with Gasteiger partial charge in [-0.15, -0.1) is 0 Å². The molecule has 0 saturated heterocycles. The van der Waals surface area contributed by atoms with E-state index >= 15 is 0 Å². The van der Waals surface area contributed by atoms with Crippen LogP contribution in [0.4, 0.5) is 0 Å². The second kappa shape index (κ2) is 9.44. The maximum atomic E-state index is 11.4. The van der Waals surface area contributed by atoms with Gasteiger partial charge in [0.15, 0.2) is 0 Å². The van der Waals surface area contributed by atoms with Crippen LogP contribution in [0.2, 0.25) is 0 Å². The van der Waals surface area contributed by atoms with E-state index in [0.717, 1.165) is 12.8 Å². The van der Waals surface area contributed by atoms with Crippen molar-refractivity contribution >= 4 is 17.8 Å². The first-order chi connectivity index (χ1) is 8.51. The average molecular weight is 259 g/mol. The van der Waals surface area contributed by atoms with Crippen molar-refractivity contribution in [2.75, 3.05) is 6.61 Å². The summed E-state index contributed by atoms with van der Waals surface area (Å²) in [5.74, 6) is -1.94. The monoisotopic (exact) mass is 259 g/mol. The number of ether oxygens (including phenoxy) is 1. The zero-order chi connectivity index (χ0) is 14.0. The molecule has 1 atom stereocenters. The molecule has 1 unspecified atom stereocenters. The van der Waals surface area contributed by atoms with Crippen LogP contribution in [0.3, 0.4) is 0 Å². The van der Waals surface area contributed by atoms with Crippen LogP contribution >= 0.6 is 0 Å². The minimum absolute atomic E-state index is 0.0280. The quantitative estimate of drug-likeness (QED) is 0.605. The summed E-state index contributed by atoms with van der Waals surface area (Å²) >= 11 is 0. The highest BCUT2D eigenvalue weighted by Gasteiger charge is 2.19. The van der Waals surface area contributed by atoms with E-state index in [9.17, 15) is 14.4 Å². The molecule has 0 fully saturated rings. The van der Waals surface area contributed by atoms with Crippen LogP contribution in [0.25, 0.3) is 0 Å². The van der Waals surface area contributed by atoms with Gasteiger partial charge < -0.3 is 15.2 Å². The van der Waals surface area contributed by atoms with Gasteiger partial charge in [-0.3, -0.25) is 9.59 Å². The summed E-state index contributed by atoms with van der Waals surface area (Å²) < 4.78 is 4.67. The van der Waals surface area contributed by atoms with Crippen molar-refractivity contribution in [2.24, 2.45) is 0 Å². The van der Waals surface area contributed by atoms with Crippen molar-refractivity contribution < 1.29 is 24.2 Å². The second-order valence-electron chi connectivity index (χ2n) is 3.91. The Kier molecular flexibility index (Phi) is 8.61. The lowest BCUT2D eigenvalue weighted by Gasteiger charge is -2.13. The first-order valence-corrected chi connectivity index (χ1v) is 6.19. The molecule has 0 aliphatic rings. The van der Waals surface area contributed by atoms with E-state index in [4.69, 9.17) is 5.11 Å². The first-order valence-electron chi connectivity index (χ1n) is 6.19. The molecule has 0 rings (SSSR count). The molecule has 0 bridgehead atoms. The molecule has 0 saturated carbocycles. The lowest BCUT2D eigenvalue weighted by atomic mass is 10.1. The molecule has 0 aromatic heterocycles. The highest BCUT2D eigenvalue weighted by Crippen LogP contribution is 2.02. The molecule has 0 radical (unpaired) electrons. The van der Waals surface area contributed by atoms with Gasteiger partial charge in [0.05, 0.1) is 13.0 Å². The third-order valence-electron chi connectivity index (χ3n) is 2.34. The number of hydrogen-bond donors (Lipinski definition) is 2. The number of carboxylic acid groups (broad SMARTS) is 1. The Balaban J connectivity index is 4.02. The fourth-order valence-electron chi connectivity index (χ4n) is 1.38. The van der Waals surface area contributed by atoms with Crippen LogP contribution in [0.1, 0.15) is 46.0 Å². The summed E-state index contributed by atoms with van der Waals surface area (Å²) in [6.45, 7) is 3.90. The van der Waals surface area contributed by atoms with Gasteiger partial charge in [0.25, 0.3) is 0 Å². The van der Waals surface area contributed by atoms with Gasteiger partial charge in [-0.25, -0.2) is 4.79 Å². The SMILES string of the molecule is CCCCC(NC(=O)CCC(=O)OCC)C(=O)O. The lowest BCUT2D eigenvalue weighted by Crippen LogP contribution is -2.40. The zero-order valence-corrected chi connectivity index (χ0v) is 10.9. The van der Waals surface area contributed by atoms with Gasteiger partial charge in [-0.05, 0) is 13.3 Å². The van der Waals surface area contributed by atoms with Crippen molar-refractivity contribution in [3.8, 4) is 0 Å². The zero-order valence-electron chi connectivity index (χ0n) is 10.9. The van der Waals surface area contributed by atoms with Crippen LogP contribution in [-0.4, -0.2) is 35.6 Å². The van der Waals surface area contributed by atoms with Crippen molar-refractivity contribution in [1.82, 2.24) is 5.32 Å². The predicted molar refractivity (Wildman–Crippen MR) is 65.0 cm³/mol. The fourth-order valence-corrected chi connectivity index (χ4v) is 1.38. The van der Waals surface area contributed by atoms with E-state index < -0.39 is 23.9 Å². The van der Waals surface area contributed by atoms with Crippen LogP contribution < -0.4 is 5.32 Å². The third-order valence-corrected chi connectivity index (χ3v) is 2.34. The molecular formula is C12H21NO5. The summed E-state index contributed by atoms with van der Waals surface area (Å²) in [4.78, 5) is 33.3. The number of rotatable bonds is 9. The summed E-state index contributed by atoms with van der Waals surface area (Å²) in [6.07, 6.45) is 1.92. The molecule has 0 aromatic rings. The third kappa shape index (κ3) is 7.65. The number of carboxylic acids is 1. The number of hydrogen-bond acceptors (Lipinski definition) is 4. The summed E-state index contributed by atoms with van der Waals surface area (Å²) in [7, 11) is 0. The lowest BCUT2D eigenvalue weighted by molar-refractivity contribution is -0.145. The molecule has 18 heavy (non-hydrogen) atoms. The summed E-state index contributed by atoms with van der Waals surface area (Å²) in [6, 6.07) is -0.875. The number of carbonyl (C=O) groups is 3. The largest absolute Gasteiger partial charge is 0.480 e. The van der Waals surface area contributed by atoms with Crippen molar-refractivity contribution in [3.05, 3.63) is 0 Å². The molecule has 0 aromatic carbocycles. The summed E-state index contributed by atoms with van der Waals surface area (Å²) in [5, 5.41) is 11.3. The van der Waals surface area contributed by atoms with Gasteiger partial charge in [0, 0.05) is 6.42 Å². The molecule has 6 heteroatoms. The van der Waals surface area contributed by atoms with Gasteiger partial charge in [0.2, 0.25) is 5.91 Å². The van der Waals surface area contributed by atoms with Crippen LogP contribution in [0.5, 0.6) is 0 Å². The average Bonchev–Trinajstić information content (AvgIpc) is 2.32. The first kappa shape index (κ1) is 16.4. The molecule has 0 aliphatic carbocycles. The molecule has 2 N–H and O–H groups in total.